The summed E-state index contributed by atoms with van der Waals surface area (Å²) in [5, 5.41) is 4.86. The van der Waals surface area contributed by atoms with Crippen molar-refractivity contribution >= 4 is 38.9 Å². The number of amides is 1. The average molecular weight is 435 g/mol. The van der Waals surface area contributed by atoms with Crippen LogP contribution in [0.2, 0.25) is 5.02 Å². The first kappa shape index (κ1) is 20.5. The summed E-state index contributed by atoms with van der Waals surface area (Å²) in [5.74, 6) is -0.364. The van der Waals surface area contributed by atoms with Crippen LogP contribution in [0.1, 0.15) is 33.8 Å². The molecule has 3 rings (SSSR count). The van der Waals surface area contributed by atoms with E-state index in [-0.39, 0.29) is 34.0 Å². The van der Waals surface area contributed by atoms with Gasteiger partial charge in [-0.3, -0.25) is 4.79 Å². The van der Waals surface area contributed by atoms with Gasteiger partial charge >= 0.3 is 0 Å². The summed E-state index contributed by atoms with van der Waals surface area (Å²) in [5.41, 5.74) is 1.05. The SMILES string of the molecule is CC(NC(=O)c1ccc(Cl)c(S(=O)(=O)NCc2ccccc2)c1)c1cccs1. The third-order valence-electron chi connectivity index (χ3n) is 4.11. The Morgan fingerprint density at radius 1 is 1.11 bits per heavy atom. The van der Waals surface area contributed by atoms with Crippen LogP contribution < -0.4 is 10.0 Å². The lowest BCUT2D eigenvalue weighted by Gasteiger charge is -2.14. The van der Waals surface area contributed by atoms with Crippen molar-refractivity contribution in [2.45, 2.75) is 24.4 Å². The number of thiophene rings is 1. The Balaban J connectivity index is 1.77. The molecule has 0 saturated carbocycles. The molecule has 1 aromatic heterocycles. The molecule has 146 valence electrons. The monoisotopic (exact) mass is 434 g/mol. The van der Waals surface area contributed by atoms with Crippen molar-refractivity contribution in [3.63, 3.8) is 0 Å². The maximum absolute atomic E-state index is 12.7. The van der Waals surface area contributed by atoms with Crippen molar-refractivity contribution in [2.24, 2.45) is 0 Å². The standard InChI is InChI=1S/C20H19ClN2O3S2/c1-14(18-8-5-11-27-18)23-20(24)16-9-10-17(21)19(12-16)28(25,26)22-13-15-6-3-2-4-7-15/h2-12,14,22H,13H2,1H3,(H,23,24). The highest BCUT2D eigenvalue weighted by molar-refractivity contribution is 7.89. The highest BCUT2D eigenvalue weighted by Crippen LogP contribution is 2.24. The van der Waals surface area contributed by atoms with Gasteiger partial charge in [0.2, 0.25) is 10.0 Å². The Morgan fingerprint density at radius 3 is 2.54 bits per heavy atom. The molecule has 0 saturated heterocycles. The van der Waals surface area contributed by atoms with Crippen molar-refractivity contribution < 1.29 is 13.2 Å². The Hall–Kier alpha value is -2.19. The highest BCUT2D eigenvalue weighted by Gasteiger charge is 2.21. The van der Waals surface area contributed by atoms with Crippen LogP contribution >= 0.6 is 22.9 Å². The van der Waals surface area contributed by atoms with Crippen LogP contribution in [0.5, 0.6) is 0 Å². The zero-order valence-electron chi connectivity index (χ0n) is 15.1. The molecular weight excluding hydrogens is 416 g/mol. The molecule has 1 unspecified atom stereocenters. The molecule has 0 bridgehead atoms. The van der Waals surface area contributed by atoms with Crippen molar-refractivity contribution in [3.8, 4) is 0 Å². The van der Waals surface area contributed by atoms with E-state index in [4.69, 9.17) is 11.6 Å². The fourth-order valence-electron chi connectivity index (χ4n) is 2.59. The van der Waals surface area contributed by atoms with Gasteiger partial charge in [0.1, 0.15) is 4.90 Å². The van der Waals surface area contributed by atoms with Crippen molar-refractivity contribution in [1.29, 1.82) is 0 Å². The zero-order chi connectivity index (χ0) is 20.1. The van der Waals surface area contributed by atoms with E-state index in [1.165, 1.54) is 18.2 Å². The summed E-state index contributed by atoms with van der Waals surface area (Å²) in [6.07, 6.45) is 0. The second kappa shape index (κ2) is 8.87. The maximum atomic E-state index is 12.7. The van der Waals surface area contributed by atoms with Crippen LogP contribution in [0.4, 0.5) is 0 Å². The summed E-state index contributed by atoms with van der Waals surface area (Å²) >= 11 is 7.65. The molecule has 1 heterocycles. The molecule has 1 amide bonds. The molecule has 0 aliphatic rings. The van der Waals surface area contributed by atoms with Crippen molar-refractivity contribution in [1.82, 2.24) is 10.0 Å². The predicted octanol–water partition coefficient (Wildman–Crippen LogP) is 4.37. The van der Waals surface area contributed by atoms with Crippen molar-refractivity contribution in [2.75, 3.05) is 0 Å². The molecule has 0 spiro atoms. The van der Waals surface area contributed by atoms with Gasteiger partial charge < -0.3 is 5.32 Å². The summed E-state index contributed by atoms with van der Waals surface area (Å²) < 4.78 is 27.9. The molecule has 2 N–H and O–H groups in total. The molecule has 2 aromatic carbocycles. The van der Waals surface area contributed by atoms with Gasteiger partial charge in [-0.05, 0) is 42.1 Å². The number of benzene rings is 2. The van der Waals surface area contributed by atoms with Gasteiger partial charge in [0.05, 0.1) is 11.1 Å². The van der Waals surface area contributed by atoms with Crippen LogP contribution in [0, 0.1) is 0 Å². The third-order valence-corrected chi connectivity index (χ3v) is 7.05. The molecule has 0 aliphatic heterocycles. The number of halogens is 1. The second-order valence-corrected chi connectivity index (χ2v) is 9.29. The molecule has 3 aromatic rings. The number of hydrogen-bond donors (Lipinski definition) is 2. The predicted molar refractivity (Wildman–Crippen MR) is 112 cm³/mol. The average Bonchev–Trinajstić information content (AvgIpc) is 3.22. The number of carbonyl (C=O) groups excluding carboxylic acids is 1. The lowest BCUT2D eigenvalue weighted by molar-refractivity contribution is 0.0940. The normalized spacial score (nSPS) is 12.5. The highest BCUT2D eigenvalue weighted by atomic mass is 35.5. The van der Waals surface area contributed by atoms with Crippen LogP contribution in [0.3, 0.4) is 0 Å². The minimum Gasteiger partial charge on any atom is -0.345 e. The second-order valence-electron chi connectivity index (χ2n) is 6.17. The van der Waals surface area contributed by atoms with Crippen LogP contribution in [-0.2, 0) is 16.6 Å². The van der Waals surface area contributed by atoms with E-state index in [0.29, 0.717) is 0 Å². The number of hydrogen-bond acceptors (Lipinski definition) is 4. The summed E-state index contributed by atoms with van der Waals surface area (Å²) in [6.45, 7) is 2.00. The first-order valence-electron chi connectivity index (χ1n) is 8.54. The van der Waals surface area contributed by atoms with E-state index in [1.807, 2.05) is 54.8 Å². The first-order chi connectivity index (χ1) is 13.4. The molecule has 8 heteroatoms. The van der Waals surface area contributed by atoms with E-state index < -0.39 is 10.0 Å². The van der Waals surface area contributed by atoms with Gasteiger partial charge in [0.25, 0.3) is 5.91 Å². The zero-order valence-corrected chi connectivity index (χ0v) is 17.4. The fraction of sp³-hybridized carbons (Fsp3) is 0.150. The van der Waals surface area contributed by atoms with E-state index in [2.05, 4.69) is 10.0 Å². The van der Waals surface area contributed by atoms with Crippen LogP contribution in [-0.4, -0.2) is 14.3 Å². The summed E-state index contributed by atoms with van der Waals surface area (Å²) in [6, 6.07) is 17.0. The Bertz CT molecular complexity index is 1050. The lowest BCUT2D eigenvalue weighted by atomic mass is 10.2. The molecule has 1 atom stereocenters. The smallest absolute Gasteiger partial charge is 0.251 e. The molecule has 0 aliphatic carbocycles. The number of rotatable bonds is 7. The van der Waals surface area contributed by atoms with Gasteiger partial charge in [0.15, 0.2) is 0 Å². The molecule has 0 fully saturated rings. The first-order valence-corrected chi connectivity index (χ1v) is 11.3. The van der Waals surface area contributed by atoms with E-state index in [0.717, 1.165) is 10.4 Å². The minimum absolute atomic E-state index is 0.0587. The van der Waals surface area contributed by atoms with Gasteiger partial charge in [-0.15, -0.1) is 11.3 Å². The fourth-order valence-corrected chi connectivity index (χ4v) is 4.87. The van der Waals surface area contributed by atoms with Gasteiger partial charge in [-0.25, -0.2) is 13.1 Å². The number of sulfonamides is 1. The molecule has 0 radical (unpaired) electrons. The quantitative estimate of drug-likeness (QED) is 0.579. The largest absolute Gasteiger partial charge is 0.345 e. The van der Waals surface area contributed by atoms with Crippen LogP contribution in [0.25, 0.3) is 0 Å². The van der Waals surface area contributed by atoms with Crippen molar-refractivity contribution in [3.05, 3.63) is 87.1 Å². The Morgan fingerprint density at radius 2 is 1.86 bits per heavy atom. The molecule has 5 nitrogen and oxygen atoms in total. The van der Waals surface area contributed by atoms with E-state index in [9.17, 15) is 13.2 Å². The van der Waals surface area contributed by atoms with Gasteiger partial charge in [-0.2, -0.15) is 0 Å². The lowest BCUT2D eigenvalue weighted by Crippen LogP contribution is -2.27. The minimum atomic E-state index is -3.88. The Labute approximate surface area is 173 Å². The Kier molecular flexibility index (Phi) is 6.51. The van der Waals surface area contributed by atoms with E-state index >= 15 is 0 Å². The topological polar surface area (TPSA) is 75.3 Å². The van der Waals surface area contributed by atoms with Gasteiger partial charge in [-0.1, -0.05) is 48.0 Å². The molecular formula is C20H19ClN2O3S2. The van der Waals surface area contributed by atoms with Gasteiger partial charge in [0, 0.05) is 17.0 Å². The summed E-state index contributed by atoms with van der Waals surface area (Å²) in [4.78, 5) is 13.4. The number of carbonyl (C=O) groups is 1. The molecule has 28 heavy (non-hydrogen) atoms. The number of nitrogens with one attached hydrogen (secondary N) is 2. The van der Waals surface area contributed by atoms with Crippen LogP contribution in [0.15, 0.2) is 70.9 Å². The van der Waals surface area contributed by atoms with E-state index in [1.54, 1.807) is 11.3 Å². The third kappa shape index (κ3) is 4.99. The maximum Gasteiger partial charge on any atom is 0.251 e. The summed E-state index contributed by atoms with van der Waals surface area (Å²) in [7, 11) is -3.88.